The van der Waals surface area contributed by atoms with E-state index in [0.29, 0.717) is 0 Å². The largest absolute Gasteiger partial charge is 0.394 e. The normalized spacial score (nSPS) is 8.22. The Balaban J connectivity index is -0.0000000719. The van der Waals surface area contributed by atoms with E-state index < -0.39 is 0 Å². The molecule has 108 valence electrons. The first-order chi connectivity index (χ1) is 7.70. The van der Waals surface area contributed by atoms with Gasteiger partial charge in [-0.3, -0.25) is 0 Å². The Morgan fingerprint density at radius 2 is 1.11 bits per heavy atom. The van der Waals surface area contributed by atoms with E-state index in [2.05, 4.69) is 5.38 Å². The number of rotatable bonds is 0. The van der Waals surface area contributed by atoms with Crippen LogP contribution in [-0.4, -0.2) is 33.6 Å². The van der Waals surface area contributed by atoms with Crippen LogP contribution in [0.1, 0.15) is 41.5 Å². The van der Waals surface area contributed by atoms with E-state index in [4.69, 9.17) is 15.3 Å². The van der Waals surface area contributed by atoms with Crippen molar-refractivity contribution in [3.8, 4) is 0 Å². The Morgan fingerprint density at radius 1 is 0.833 bits per heavy atom. The zero-order valence-electron chi connectivity index (χ0n) is 12.2. The van der Waals surface area contributed by atoms with Gasteiger partial charge in [0.25, 0.3) is 0 Å². The molecule has 0 aliphatic carbocycles. The SMILES string of the molecule is CC(C)O.CC(C)O.CC(C)O.[Ti].[c-]1cccs1. The molecular weight excluding hydrogens is 284 g/mol. The topological polar surface area (TPSA) is 60.7 Å². The predicted octanol–water partition coefficient (Wildman–Crippen LogP) is 2.71. The van der Waals surface area contributed by atoms with Crippen LogP contribution in [-0.2, 0) is 21.7 Å². The van der Waals surface area contributed by atoms with Gasteiger partial charge in [-0.25, -0.2) is 6.07 Å². The summed E-state index contributed by atoms with van der Waals surface area (Å²) in [4.78, 5) is 0. The van der Waals surface area contributed by atoms with Gasteiger partial charge < -0.3 is 26.7 Å². The molecule has 0 atom stereocenters. The first-order valence-electron chi connectivity index (χ1n) is 5.63. The standard InChI is InChI=1S/C4H3S.3C3H8O.Ti/c1-2-4-5-3-1;3*1-3(2)4;/h1-3H;3*3-4H,1-2H3;/q-1;;;;. The molecule has 0 fully saturated rings. The van der Waals surface area contributed by atoms with Crippen LogP contribution in [0.5, 0.6) is 0 Å². The van der Waals surface area contributed by atoms with Crippen LogP contribution in [0.25, 0.3) is 0 Å². The van der Waals surface area contributed by atoms with Crippen LogP contribution in [0, 0.1) is 5.38 Å². The van der Waals surface area contributed by atoms with Crippen LogP contribution >= 0.6 is 11.3 Å². The Morgan fingerprint density at radius 3 is 1.17 bits per heavy atom. The maximum absolute atomic E-state index is 8.06. The fourth-order valence-corrected chi connectivity index (χ4v) is 0.589. The van der Waals surface area contributed by atoms with Gasteiger partial charge in [0.15, 0.2) is 0 Å². The molecule has 0 saturated heterocycles. The van der Waals surface area contributed by atoms with E-state index in [1.807, 2.05) is 17.5 Å². The molecule has 0 aliphatic heterocycles. The number of aliphatic hydroxyl groups excluding tert-OH is 3. The molecule has 5 heteroatoms. The van der Waals surface area contributed by atoms with Crippen molar-refractivity contribution in [2.24, 2.45) is 0 Å². The Bertz CT molecular complexity index is 150. The molecule has 1 rings (SSSR count). The average molecular weight is 311 g/mol. The van der Waals surface area contributed by atoms with Crippen LogP contribution in [0.3, 0.4) is 0 Å². The molecule has 0 bridgehead atoms. The summed E-state index contributed by atoms with van der Waals surface area (Å²) in [6.07, 6.45) is -0.500. The fraction of sp³-hybridized carbons (Fsp3) is 0.692. The van der Waals surface area contributed by atoms with Gasteiger partial charge in [0.2, 0.25) is 0 Å². The maximum Gasteiger partial charge on any atom is 0.0483 e. The minimum Gasteiger partial charge on any atom is -0.394 e. The number of hydrogen-bond acceptors (Lipinski definition) is 4. The molecule has 0 aromatic carbocycles. The van der Waals surface area contributed by atoms with Crippen molar-refractivity contribution in [2.45, 2.75) is 59.9 Å². The summed E-state index contributed by atoms with van der Waals surface area (Å²) in [5.41, 5.74) is 0. The summed E-state index contributed by atoms with van der Waals surface area (Å²) in [5.74, 6) is 0. The van der Waals surface area contributed by atoms with E-state index in [1.165, 1.54) is 0 Å². The molecule has 1 aromatic heterocycles. The van der Waals surface area contributed by atoms with Gasteiger partial charge in [-0.05, 0) is 41.5 Å². The predicted molar refractivity (Wildman–Crippen MR) is 75.2 cm³/mol. The van der Waals surface area contributed by atoms with E-state index in [0.717, 1.165) is 0 Å². The van der Waals surface area contributed by atoms with Gasteiger partial charge >= 0.3 is 0 Å². The number of aliphatic hydroxyl groups is 3. The first kappa shape index (κ1) is 26.8. The zero-order chi connectivity index (χ0) is 14.3. The van der Waals surface area contributed by atoms with Crippen molar-refractivity contribution in [3.63, 3.8) is 0 Å². The van der Waals surface area contributed by atoms with Gasteiger partial charge in [-0.2, -0.15) is 11.4 Å². The van der Waals surface area contributed by atoms with Gasteiger partial charge in [-0.1, -0.05) is 0 Å². The van der Waals surface area contributed by atoms with Crippen molar-refractivity contribution in [1.29, 1.82) is 0 Å². The van der Waals surface area contributed by atoms with E-state index >= 15 is 0 Å². The van der Waals surface area contributed by atoms with Gasteiger partial charge in [-0.15, -0.1) is 5.38 Å². The van der Waals surface area contributed by atoms with Gasteiger partial charge in [0.1, 0.15) is 0 Å². The van der Waals surface area contributed by atoms with Gasteiger partial charge in [0.05, 0.1) is 0 Å². The van der Waals surface area contributed by atoms with Crippen molar-refractivity contribution >= 4 is 11.3 Å². The molecule has 0 saturated carbocycles. The molecule has 0 aliphatic rings. The second-order valence-electron chi connectivity index (χ2n) is 4.01. The minimum absolute atomic E-state index is 0. The summed E-state index contributed by atoms with van der Waals surface area (Å²) >= 11 is 1.59. The molecular formula is C13H27O3STi-. The van der Waals surface area contributed by atoms with Crippen LogP contribution in [0.15, 0.2) is 17.5 Å². The molecule has 0 unspecified atom stereocenters. The van der Waals surface area contributed by atoms with E-state index in [-0.39, 0.29) is 40.0 Å². The molecule has 0 amide bonds. The number of hydrogen-bond donors (Lipinski definition) is 3. The summed E-state index contributed by atoms with van der Waals surface area (Å²) in [6, 6.07) is 3.86. The average Bonchev–Trinajstić information content (AvgIpc) is 2.53. The van der Waals surface area contributed by atoms with Crippen molar-refractivity contribution in [3.05, 3.63) is 22.9 Å². The maximum atomic E-state index is 8.06. The van der Waals surface area contributed by atoms with Crippen molar-refractivity contribution in [1.82, 2.24) is 0 Å². The first-order valence-corrected chi connectivity index (χ1v) is 6.51. The second kappa shape index (κ2) is 22.5. The third-order valence-electron chi connectivity index (χ3n) is 0.379. The quantitative estimate of drug-likeness (QED) is 0.510. The van der Waals surface area contributed by atoms with Crippen molar-refractivity contribution in [2.75, 3.05) is 0 Å². The summed E-state index contributed by atoms with van der Waals surface area (Å²) < 4.78 is 0. The zero-order valence-corrected chi connectivity index (χ0v) is 14.6. The van der Waals surface area contributed by atoms with E-state index in [1.54, 1.807) is 52.9 Å². The Labute approximate surface area is 131 Å². The van der Waals surface area contributed by atoms with Crippen LogP contribution in [0.4, 0.5) is 0 Å². The summed E-state index contributed by atoms with van der Waals surface area (Å²) in [5, 5.41) is 29.1. The molecule has 0 radical (unpaired) electrons. The fourth-order valence-electron chi connectivity index (χ4n) is 0.196. The smallest absolute Gasteiger partial charge is 0.0483 e. The summed E-state index contributed by atoms with van der Waals surface area (Å²) in [7, 11) is 0. The minimum atomic E-state index is -0.167. The molecule has 3 nitrogen and oxygen atoms in total. The molecule has 18 heavy (non-hydrogen) atoms. The van der Waals surface area contributed by atoms with E-state index in [9.17, 15) is 0 Å². The van der Waals surface area contributed by atoms with Crippen LogP contribution in [0.2, 0.25) is 0 Å². The third-order valence-corrected chi connectivity index (χ3v) is 0.944. The number of thiophene rings is 1. The second-order valence-corrected chi connectivity index (χ2v) is 4.76. The monoisotopic (exact) mass is 311 g/mol. The third kappa shape index (κ3) is 136. The summed E-state index contributed by atoms with van der Waals surface area (Å²) in [6.45, 7) is 10.3. The Kier molecular flexibility index (Phi) is 33.4. The molecule has 3 N–H and O–H groups in total. The Hall–Kier alpha value is 0.294. The molecule has 0 spiro atoms. The molecule has 1 heterocycles. The van der Waals surface area contributed by atoms with Gasteiger partial charge in [0, 0.05) is 40.0 Å². The van der Waals surface area contributed by atoms with Crippen LogP contribution < -0.4 is 0 Å². The molecule has 1 aromatic rings. The van der Waals surface area contributed by atoms with Crippen molar-refractivity contribution < 1.29 is 37.0 Å².